The van der Waals surface area contributed by atoms with E-state index in [9.17, 15) is 4.79 Å². The van der Waals surface area contributed by atoms with Gasteiger partial charge in [-0.2, -0.15) is 0 Å². The lowest BCUT2D eigenvalue weighted by molar-refractivity contribution is -0.121. The smallest absolute Gasteiger partial charge is 0.226 e. The summed E-state index contributed by atoms with van der Waals surface area (Å²) in [7, 11) is 0. The highest BCUT2D eigenvalue weighted by Gasteiger charge is 2.23. The van der Waals surface area contributed by atoms with E-state index in [1.165, 1.54) is 16.9 Å². The third-order valence-electron chi connectivity index (χ3n) is 4.24. The fourth-order valence-corrected chi connectivity index (χ4v) is 3.54. The molecule has 0 radical (unpaired) electrons. The number of carbonyl (C=O) groups excluding carboxylic acids is 1. The van der Waals surface area contributed by atoms with Crippen LogP contribution in [0.25, 0.3) is 0 Å². The number of carbonyl (C=O) groups is 1. The molecular weight excluding hydrogens is 336 g/mol. The van der Waals surface area contributed by atoms with Crippen molar-refractivity contribution in [1.29, 1.82) is 0 Å². The van der Waals surface area contributed by atoms with E-state index in [1.807, 2.05) is 43.5 Å². The minimum Gasteiger partial charge on any atom is -0.486 e. The minimum atomic E-state index is -0.0145. The van der Waals surface area contributed by atoms with Gasteiger partial charge in [0.15, 0.2) is 0 Å². The molecule has 1 aliphatic heterocycles. The molecule has 1 N–H and O–H groups in total. The van der Waals surface area contributed by atoms with E-state index in [4.69, 9.17) is 9.47 Å². The summed E-state index contributed by atoms with van der Waals surface area (Å²) in [5, 5.41) is 5.80. The first kappa shape index (κ1) is 17.9. The van der Waals surface area contributed by atoms with Crippen molar-refractivity contribution in [3.05, 3.63) is 45.9 Å². The van der Waals surface area contributed by atoms with Gasteiger partial charge in [0.2, 0.25) is 5.91 Å². The molecule has 1 aromatic carbocycles. The fourth-order valence-electron chi connectivity index (χ4n) is 2.84. The molecule has 2 unspecified atom stereocenters. The quantitative estimate of drug-likeness (QED) is 0.823. The normalized spacial score (nSPS) is 18.1. The Morgan fingerprint density at radius 3 is 2.96 bits per heavy atom. The predicted octanol–water partition coefficient (Wildman–Crippen LogP) is 3.26. The third-order valence-corrected chi connectivity index (χ3v) is 5.11. The summed E-state index contributed by atoms with van der Waals surface area (Å²) in [6, 6.07) is 7.97. The number of hydrogen-bond donors (Lipinski definition) is 1. The van der Waals surface area contributed by atoms with Crippen LogP contribution in [0.3, 0.4) is 0 Å². The molecule has 2 aromatic rings. The molecule has 1 aliphatic rings. The van der Waals surface area contributed by atoms with Crippen LogP contribution in [0.4, 0.5) is 0 Å². The number of amides is 1. The van der Waals surface area contributed by atoms with Crippen LogP contribution in [-0.4, -0.2) is 29.6 Å². The summed E-state index contributed by atoms with van der Waals surface area (Å²) in [6.45, 7) is 5.25. The number of aromatic nitrogens is 1. The lowest BCUT2D eigenvalue weighted by Gasteiger charge is -2.19. The molecule has 0 aliphatic carbocycles. The Hall–Kier alpha value is -1.92. The largest absolute Gasteiger partial charge is 0.486 e. The van der Waals surface area contributed by atoms with Crippen molar-refractivity contribution in [2.75, 3.05) is 6.61 Å². The second kappa shape index (κ2) is 8.45. The molecule has 3 rings (SSSR count). The molecule has 5 nitrogen and oxygen atoms in total. The summed E-state index contributed by atoms with van der Waals surface area (Å²) in [5.41, 5.74) is 1.98. The van der Waals surface area contributed by atoms with Crippen LogP contribution in [-0.2, 0) is 22.6 Å². The number of rotatable bonds is 7. The molecule has 0 saturated carbocycles. The summed E-state index contributed by atoms with van der Waals surface area (Å²) in [6.07, 6.45) is 2.51. The molecule has 0 spiro atoms. The van der Waals surface area contributed by atoms with Crippen molar-refractivity contribution < 1.29 is 14.3 Å². The number of benzene rings is 1. The molecule has 1 amide bonds. The molecular formula is C19H24N2O3S. The Morgan fingerprint density at radius 1 is 1.44 bits per heavy atom. The Balaban J connectivity index is 1.45. The van der Waals surface area contributed by atoms with Crippen molar-refractivity contribution >= 4 is 17.2 Å². The van der Waals surface area contributed by atoms with Gasteiger partial charge in [0.25, 0.3) is 0 Å². The van der Waals surface area contributed by atoms with Gasteiger partial charge in [-0.15, -0.1) is 11.3 Å². The van der Waals surface area contributed by atoms with Crippen molar-refractivity contribution in [2.45, 2.75) is 51.9 Å². The van der Waals surface area contributed by atoms with Gasteiger partial charge in [-0.25, -0.2) is 4.98 Å². The van der Waals surface area contributed by atoms with Crippen LogP contribution in [0.2, 0.25) is 0 Å². The highest BCUT2D eigenvalue weighted by Crippen LogP contribution is 2.17. The number of ether oxygens (including phenoxy) is 2. The summed E-state index contributed by atoms with van der Waals surface area (Å²) in [4.78, 5) is 16.7. The van der Waals surface area contributed by atoms with Crippen molar-refractivity contribution in [3.63, 3.8) is 0 Å². The van der Waals surface area contributed by atoms with E-state index in [1.54, 1.807) is 0 Å². The van der Waals surface area contributed by atoms with Crippen LogP contribution >= 0.6 is 11.3 Å². The third kappa shape index (κ3) is 5.28. The highest BCUT2D eigenvalue weighted by molar-refractivity contribution is 7.09. The second-order valence-electron chi connectivity index (χ2n) is 6.42. The summed E-state index contributed by atoms with van der Waals surface area (Å²) >= 11 is 1.52. The number of thiazole rings is 1. The topological polar surface area (TPSA) is 60.5 Å². The van der Waals surface area contributed by atoms with E-state index in [0.717, 1.165) is 35.9 Å². The molecule has 6 heteroatoms. The second-order valence-corrected chi connectivity index (χ2v) is 7.36. The van der Waals surface area contributed by atoms with Gasteiger partial charge >= 0.3 is 0 Å². The number of hydrogen-bond acceptors (Lipinski definition) is 5. The standard InChI is InChI=1S/C19H24N2O3S/c1-13-5-7-16(8-6-13)24-11-19-21-15(12-25-19)10-18(22)20-14(2)17-4-3-9-23-17/h5-8,12,14,17H,3-4,9-11H2,1-2H3,(H,20,22). The van der Waals surface area contributed by atoms with Gasteiger partial charge in [0.05, 0.1) is 24.3 Å². The van der Waals surface area contributed by atoms with Gasteiger partial charge in [-0.05, 0) is 38.8 Å². The van der Waals surface area contributed by atoms with Crippen molar-refractivity contribution in [1.82, 2.24) is 10.3 Å². The van der Waals surface area contributed by atoms with Crippen molar-refractivity contribution in [3.8, 4) is 5.75 Å². The number of nitrogens with one attached hydrogen (secondary N) is 1. The van der Waals surface area contributed by atoms with E-state index in [0.29, 0.717) is 6.61 Å². The van der Waals surface area contributed by atoms with E-state index < -0.39 is 0 Å². The zero-order valence-corrected chi connectivity index (χ0v) is 15.5. The Kier molecular flexibility index (Phi) is 6.04. The minimum absolute atomic E-state index is 0.0145. The fraction of sp³-hybridized carbons (Fsp3) is 0.474. The van der Waals surface area contributed by atoms with Crippen LogP contribution < -0.4 is 10.1 Å². The van der Waals surface area contributed by atoms with E-state index >= 15 is 0 Å². The maximum Gasteiger partial charge on any atom is 0.226 e. The first-order valence-corrected chi connectivity index (χ1v) is 9.52. The Morgan fingerprint density at radius 2 is 2.24 bits per heavy atom. The van der Waals surface area contributed by atoms with Gasteiger partial charge < -0.3 is 14.8 Å². The Labute approximate surface area is 152 Å². The first-order valence-electron chi connectivity index (χ1n) is 8.64. The molecule has 1 fully saturated rings. The van der Waals surface area contributed by atoms with Gasteiger partial charge in [0.1, 0.15) is 17.4 Å². The van der Waals surface area contributed by atoms with Crippen LogP contribution in [0, 0.1) is 6.92 Å². The number of aryl methyl sites for hydroxylation is 1. The lowest BCUT2D eigenvalue weighted by Crippen LogP contribution is -2.41. The molecule has 134 valence electrons. The zero-order valence-electron chi connectivity index (χ0n) is 14.7. The predicted molar refractivity (Wildman–Crippen MR) is 97.9 cm³/mol. The maximum absolute atomic E-state index is 12.2. The Bertz CT molecular complexity index is 693. The van der Waals surface area contributed by atoms with Crippen molar-refractivity contribution in [2.24, 2.45) is 0 Å². The summed E-state index contributed by atoms with van der Waals surface area (Å²) in [5.74, 6) is 0.810. The maximum atomic E-state index is 12.2. The van der Waals surface area contributed by atoms with Crippen LogP contribution in [0.15, 0.2) is 29.6 Å². The SMILES string of the molecule is Cc1ccc(OCc2nc(CC(=O)NC(C)C3CCCO3)cs2)cc1. The van der Waals surface area contributed by atoms with Crippen LogP contribution in [0.1, 0.15) is 36.0 Å². The molecule has 2 atom stereocenters. The molecule has 2 heterocycles. The zero-order chi connectivity index (χ0) is 17.6. The highest BCUT2D eigenvalue weighted by atomic mass is 32.1. The van der Waals surface area contributed by atoms with E-state index in [-0.39, 0.29) is 24.5 Å². The van der Waals surface area contributed by atoms with Gasteiger partial charge in [-0.3, -0.25) is 4.79 Å². The van der Waals surface area contributed by atoms with E-state index in [2.05, 4.69) is 10.3 Å². The molecule has 25 heavy (non-hydrogen) atoms. The first-order chi connectivity index (χ1) is 12.1. The van der Waals surface area contributed by atoms with Crippen LogP contribution in [0.5, 0.6) is 5.75 Å². The number of nitrogens with zero attached hydrogens (tertiary/aromatic N) is 1. The average Bonchev–Trinajstić information content (AvgIpc) is 3.26. The monoisotopic (exact) mass is 360 g/mol. The molecule has 1 saturated heterocycles. The van der Waals surface area contributed by atoms with Gasteiger partial charge in [-0.1, -0.05) is 17.7 Å². The average molecular weight is 360 g/mol. The molecule has 0 bridgehead atoms. The van der Waals surface area contributed by atoms with Gasteiger partial charge in [0, 0.05) is 12.0 Å². The molecule has 1 aromatic heterocycles. The summed E-state index contributed by atoms with van der Waals surface area (Å²) < 4.78 is 11.3. The lowest BCUT2D eigenvalue weighted by atomic mass is 10.1.